The summed E-state index contributed by atoms with van der Waals surface area (Å²) >= 11 is 0. The molecule has 736 valence electrons. The van der Waals surface area contributed by atoms with Crippen LogP contribution in [0.4, 0.5) is 0 Å². The van der Waals surface area contributed by atoms with Crippen molar-refractivity contribution in [1.29, 1.82) is 0 Å². The first-order valence-electron chi connectivity index (χ1n) is 49.1. The van der Waals surface area contributed by atoms with E-state index in [0.717, 1.165) is 133 Å². The molecular formula is C107H212N12O6. The maximum absolute atomic E-state index is 12.1. The molecule has 1 saturated heterocycles. The molecule has 12 unspecified atom stereocenters. The first-order valence-corrected chi connectivity index (χ1v) is 49.1. The van der Waals surface area contributed by atoms with Crippen molar-refractivity contribution in [3.8, 4) is 0 Å². The molecule has 1 fully saturated rings. The number of nitrogens with zero attached hydrogens (tertiary/aromatic N) is 4. The zero-order valence-corrected chi connectivity index (χ0v) is 88.2. The van der Waals surface area contributed by atoms with Crippen LogP contribution in [0.2, 0.25) is 0 Å². The van der Waals surface area contributed by atoms with E-state index in [1.165, 1.54) is 94.4 Å². The van der Waals surface area contributed by atoms with Crippen LogP contribution in [0, 0.1) is 59.2 Å². The molecule has 3 aromatic rings. The summed E-state index contributed by atoms with van der Waals surface area (Å²) in [4.78, 5) is 32.7. The lowest BCUT2D eigenvalue weighted by molar-refractivity contribution is -0.141. The van der Waals surface area contributed by atoms with Crippen LogP contribution in [0.15, 0.2) is 128 Å². The van der Waals surface area contributed by atoms with Crippen molar-refractivity contribution >= 4 is 11.9 Å². The van der Waals surface area contributed by atoms with Crippen LogP contribution in [0.1, 0.15) is 288 Å². The van der Waals surface area contributed by atoms with Crippen LogP contribution in [-0.2, 0) is 38.7 Å². The van der Waals surface area contributed by atoms with E-state index in [1.807, 2.05) is 14.0 Å². The lowest BCUT2D eigenvalue weighted by atomic mass is 9.77. The molecule has 1 amide bonds. The predicted octanol–water partition coefficient (Wildman–Crippen LogP) is 20.9. The Bertz CT molecular complexity index is 2690. The molecule has 1 aliphatic heterocycles. The third kappa shape index (κ3) is 91.0. The fourth-order valence-corrected chi connectivity index (χ4v) is 11.8. The number of nitrogens with two attached hydrogens (primary N) is 1. The second-order valence-electron chi connectivity index (χ2n) is 37.3. The number of esters is 1. The molecule has 18 nitrogen and oxygen atoms in total. The highest BCUT2D eigenvalue weighted by molar-refractivity contribution is 5.86. The Morgan fingerprint density at radius 3 is 1.15 bits per heavy atom. The van der Waals surface area contributed by atoms with E-state index in [2.05, 4.69) is 376 Å². The summed E-state index contributed by atoms with van der Waals surface area (Å²) in [5.74, 6) is 7.16. The third-order valence-corrected chi connectivity index (χ3v) is 22.8. The van der Waals surface area contributed by atoms with Crippen LogP contribution in [0.5, 0.6) is 0 Å². The number of likely N-dealkylation sites (tertiary alicyclic amines) is 1. The van der Waals surface area contributed by atoms with E-state index in [0.29, 0.717) is 62.1 Å². The van der Waals surface area contributed by atoms with Gasteiger partial charge < -0.3 is 77.3 Å². The molecule has 0 aromatic heterocycles. The molecule has 0 aliphatic carbocycles. The van der Waals surface area contributed by atoms with Crippen LogP contribution in [0.3, 0.4) is 0 Å². The summed E-state index contributed by atoms with van der Waals surface area (Å²) in [5.41, 5.74) is 9.99. The van der Waals surface area contributed by atoms with E-state index >= 15 is 0 Å². The number of aliphatic hydroxyl groups excluding tert-OH is 2. The van der Waals surface area contributed by atoms with E-state index in [-0.39, 0.29) is 29.6 Å². The van der Waals surface area contributed by atoms with Crippen LogP contribution in [-0.4, -0.2) is 224 Å². The van der Waals surface area contributed by atoms with Crippen molar-refractivity contribution in [3.63, 3.8) is 0 Å². The van der Waals surface area contributed by atoms with Gasteiger partial charge in [0.25, 0.3) is 0 Å². The number of piperidine rings is 1. The van der Waals surface area contributed by atoms with Gasteiger partial charge in [0, 0.05) is 75.1 Å². The molecule has 4 rings (SSSR count). The number of ether oxygens (including phenoxy) is 2. The minimum atomic E-state index is -0.660. The number of carbonyl (C=O) groups is 2. The number of carbonyl (C=O) groups excluding carboxylic acids is 2. The maximum atomic E-state index is 12.1. The van der Waals surface area contributed by atoms with Crippen molar-refractivity contribution < 1.29 is 29.3 Å². The van der Waals surface area contributed by atoms with Crippen molar-refractivity contribution in [2.45, 2.75) is 320 Å². The summed E-state index contributed by atoms with van der Waals surface area (Å²) in [6.07, 6.45) is 16.6. The molecule has 12 atom stereocenters. The van der Waals surface area contributed by atoms with Gasteiger partial charge in [-0.15, -0.1) is 13.2 Å². The van der Waals surface area contributed by atoms with Crippen LogP contribution < -0.4 is 43.0 Å². The van der Waals surface area contributed by atoms with E-state index in [1.54, 1.807) is 19.1 Å². The molecule has 0 spiro atoms. The third-order valence-electron chi connectivity index (χ3n) is 22.8. The molecule has 0 bridgehead atoms. The fraction of sp³-hybridized carbons (Fsp3) is 0.757. The molecule has 11 N–H and O–H groups in total. The van der Waals surface area contributed by atoms with Gasteiger partial charge in [-0.05, 0) is 224 Å². The lowest BCUT2D eigenvalue weighted by Crippen LogP contribution is -2.63. The number of hydrogen-bond donors (Lipinski definition) is 10. The number of aliphatic hydroxyl groups is 2. The molecule has 125 heavy (non-hydrogen) atoms. The minimum absolute atomic E-state index is 0.0131. The van der Waals surface area contributed by atoms with Gasteiger partial charge in [0.05, 0.1) is 25.9 Å². The molecule has 0 saturated carbocycles. The van der Waals surface area contributed by atoms with Crippen LogP contribution >= 0.6 is 0 Å². The van der Waals surface area contributed by atoms with Crippen molar-refractivity contribution in [1.82, 2.24) is 56.8 Å². The number of allylic oxidation sites excluding steroid dienone is 1. The summed E-state index contributed by atoms with van der Waals surface area (Å²) < 4.78 is 9.94. The summed E-state index contributed by atoms with van der Waals surface area (Å²) in [5, 5.41) is 41.8. The number of nitrogens with one attached hydrogen (secondary N) is 7. The van der Waals surface area contributed by atoms with Crippen LogP contribution in [0.25, 0.3) is 0 Å². The second-order valence-corrected chi connectivity index (χ2v) is 37.3. The van der Waals surface area contributed by atoms with Crippen molar-refractivity contribution in [2.24, 2.45) is 64.9 Å². The lowest BCUT2D eigenvalue weighted by Gasteiger charge is -2.53. The summed E-state index contributed by atoms with van der Waals surface area (Å²) in [7, 11) is 10.6. The van der Waals surface area contributed by atoms with E-state index in [4.69, 9.17) is 15.2 Å². The monoisotopic (exact) mass is 1760 g/mol. The van der Waals surface area contributed by atoms with E-state index < -0.39 is 18.2 Å². The van der Waals surface area contributed by atoms with Gasteiger partial charge in [0.2, 0.25) is 5.91 Å². The molecule has 1 aliphatic rings. The van der Waals surface area contributed by atoms with Gasteiger partial charge in [-0.1, -0.05) is 326 Å². The average Bonchev–Trinajstić information content (AvgIpc) is 0.779. The smallest absolute Gasteiger partial charge is 0.333 e. The van der Waals surface area contributed by atoms with Gasteiger partial charge in [-0.2, -0.15) is 0 Å². The normalized spacial score (nSPS) is 15.3. The zero-order valence-electron chi connectivity index (χ0n) is 88.2. The highest BCUT2D eigenvalue weighted by Gasteiger charge is 2.43. The Hall–Kier alpha value is -4.74. The fourth-order valence-electron chi connectivity index (χ4n) is 11.8. The number of benzene rings is 3. The SMILES string of the molecule is C=C(C)C(=O)OCC(O)CNCC(C)CC.C=CC.C=CCOCC(O)CNCC(C)CC.CCC(C)CN.CCC(C)CN(C)C.CCC(C)CN(C)Cc1ccccc1.CCC(C)CN(CC)CC.CCC(C)CNC.CCC(C)CNCC(=O)NC1CC(C)(C)N(C)C(C)(C)C1.CCC(C)CNCc1ccccc1.CCC(C)CNCc1ccccc1. The number of amides is 1. The zero-order chi connectivity index (χ0) is 97.0. The average molecular weight is 1760 g/mol. The molecular weight excluding hydrogens is 1550 g/mol. The Kier molecular flexibility index (Phi) is 97.2. The topological polar surface area (TPSA) is 216 Å². The highest BCUT2D eigenvalue weighted by Crippen LogP contribution is 2.37. The second kappa shape index (κ2) is 91.2. The van der Waals surface area contributed by atoms with Gasteiger partial charge >= 0.3 is 5.97 Å². The molecule has 18 heteroatoms. The predicted molar refractivity (Wildman–Crippen MR) is 553 cm³/mol. The van der Waals surface area contributed by atoms with Gasteiger partial charge in [0.15, 0.2) is 0 Å². The first-order chi connectivity index (χ1) is 59.1. The Labute approximate surface area is 776 Å². The Morgan fingerprint density at radius 2 is 0.840 bits per heavy atom. The van der Waals surface area contributed by atoms with Crippen molar-refractivity contribution in [2.75, 3.05) is 153 Å². The maximum Gasteiger partial charge on any atom is 0.333 e. The molecule has 1 heterocycles. The van der Waals surface area contributed by atoms with Gasteiger partial charge in [-0.25, -0.2) is 4.79 Å². The quantitative estimate of drug-likeness (QED) is 0.0110. The van der Waals surface area contributed by atoms with E-state index in [9.17, 15) is 19.8 Å². The highest BCUT2D eigenvalue weighted by atomic mass is 16.5. The Morgan fingerprint density at radius 1 is 0.504 bits per heavy atom. The number of rotatable bonds is 51. The summed E-state index contributed by atoms with van der Waals surface area (Å²) in [6.45, 7) is 90.1. The number of hydrogen-bond acceptors (Lipinski definition) is 17. The van der Waals surface area contributed by atoms with Crippen molar-refractivity contribution in [3.05, 3.63) is 145 Å². The van der Waals surface area contributed by atoms with Gasteiger partial charge in [0.1, 0.15) is 12.7 Å². The largest absolute Gasteiger partial charge is 0.460 e. The standard InChI is InChI=1S/C17H35N3O.C13H21N.C12H23NO3.2C12H19N.C11H23NO2.C9H21N.C7H17N.C6H15N.C5H13N.C3H6/c1-8-13(2)11-18-12-15(21)19-14-9-16(3,4)20(7)17(5,6)10-14;1-4-12(2)10-14(3)11-13-8-6-5-7-9-13;1-5-10(4)6-13-7-11(14)8-16-12(15)9(2)3;2*1-3-11(2)9-13-10-12-7-5-4-6-8-12;1-4-6-14-9-11(13)8-12-7-10(3)5-2;1-5-9(4)8-10(6-2)7-3;1-5-7(2)6-8(3)4;1-4-6(2)5-7-3;1-3-5(2)4-6;1-3-2/h13-14,18H,8-12H2,1-7H3,(H,19,21);5-9,12H,4,10-11H2,1-3H3;10-11,13-14H,2,5-8H2,1,3-4H3;2*4-8,11,13H,3,9-10H2,1-2H3;4,10-13H,1,5-9H2,2-3H3;9H,5-8H2,1-4H3;7H,5-6H2,1-4H3;6-7H,4-5H2,1-3H3;5H,3-4,6H2,1-2H3;3H,1H2,2H3. The molecule has 0 radical (unpaired) electrons. The first kappa shape index (κ1) is 133. The molecule has 3 aromatic carbocycles. The Balaban J connectivity index is -0.000000251. The minimum Gasteiger partial charge on any atom is -0.460 e. The summed E-state index contributed by atoms with van der Waals surface area (Å²) in [6, 6.07) is 32.0. The van der Waals surface area contributed by atoms with Gasteiger partial charge in [-0.3, -0.25) is 9.69 Å².